The molecular formula is C10H14BrN3O. The van der Waals surface area contributed by atoms with E-state index in [0.29, 0.717) is 11.1 Å². The van der Waals surface area contributed by atoms with Crippen LogP contribution in [0.3, 0.4) is 0 Å². The van der Waals surface area contributed by atoms with Crippen LogP contribution in [0.5, 0.6) is 0 Å². The Morgan fingerprint density at radius 2 is 2.47 bits per heavy atom. The lowest BCUT2D eigenvalue weighted by atomic mass is 10.1. The van der Waals surface area contributed by atoms with Crippen LogP contribution in [0.25, 0.3) is 0 Å². The number of nitrogens with zero attached hydrogens (tertiary/aromatic N) is 2. The summed E-state index contributed by atoms with van der Waals surface area (Å²) in [4.78, 5) is 11.7. The van der Waals surface area contributed by atoms with Crippen molar-refractivity contribution in [1.82, 2.24) is 15.1 Å². The highest BCUT2D eigenvalue weighted by atomic mass is 79.9. The van der Waals surface area contributed by atoms with Gasteiger partial charge >= 0.3 is 0 Å². The predicted octanol–water partition coefficient (Wildman–Crippen LogP) is 1.33. The van der Waals surface area contributed by atoms with Gasteiger partial charge in [0.15, 0.2) is 0 Å². The zero-order valence-electron chi connectivity index (χ0n) is 8.66. The molecular weight excluding hydrogens is 258 g/mol. The van der Waals surface area contributed by atoms with Gasteiger partial charge in [-0.1, -0.05) is 15.9 Å². The number of nitrogens with one attached hydrogen (secondary N) is 1. The van der Waals surface area contributed by atoms with Gasteiger partial charge in [-0.2, -0.15) is 5.10 Å². The molecule has 1 aromatic rings. The van der Waals surface area contributed by atoms with E-state index in [9.17, 15) is 4.79 Å². The second-order valence-corrected chi connectivity index (χ2v) is 4.72. The fraction of sp³-hybridized carbons (Fsp3) is 0.600. The van der Waals surface area contributed by atoms with Gasteiger partial charge in [-0.25, -0.2) is 0 Å². The number of carbonyl (C=O) groups is 1. The first-order valence-electron chi connectivity index (χ1n) is 4.99. The molecule has 15 heavy (non-hydrogen) atoms. The number of rotatable bonds is 4. The highest BCUT2D eigenvalue weighted by Gasteiger charge is 2.41. The van der Waals surface area contributed by atoms with Crippen LogP contribution in [0.4, 0.5) is 0 Å². The number of halogens is 1. The Hall–Kier alpha value is -0.840. The van der Waals surface area contributed by atoms with Gasteiger partial charge in [-0.3, -0.25) is 9.48 Å². The van der Waals surface area contributed by atoms with Crippen LogP contribution in [0, 0.1) is 5.41 Å². The minimum atomic E-state index is -0.0396. The number of hydrogen-bond acceptors (Lipinski definition) is 2. The Morgan fingerprint density at radius 3 is 2.93 bits per heavy atom. The monoisotopic (exact) mass is 271 g/mol. The van der Waals surface area contributed by atoms with Gasteiger partial charge in [0.1, 0.15) is 5.69 Å². The summed E-state index contributed by atoms with van der Waals surface area (Å²) in [5.41, 5.74) is 0.925. The van der Waals surface area contributed by atoms with Crippen LogP contribution in [0.2, 0.25) is 0 Å². The average Bonchev–Trinajstić information content (AvgIpc) is 2.91. The number of aromatic nitrogens is 2. The van der Waals surface area contributed by atoms with E-state index < -0.39 is 0 Å². The summed E-state index contributed by atoms with van der Waals surface area (Å²) < 4.78 is 1.59. The molecule has 1 amide bonds. The second kappa shape index (κ2) is 3.96. The Bertz CT molecular complexity index is 370. The van der Waals surface area contributed by atoms with Gasteiger partial charge < -0.3 is 5.32 Å². The standard InChI is InChI=1S/C10H14BrN3O/c1-14-8(2-5-13-14)9(15)12-7-10(6-11)3-4-10/h2,5H,3-4,6-7H2,1H3,(H,12,15). The number of alkyl halides is 1. The van der Waals surface area contributed by atoms with Crippen LogP contribution >= 0.6 is 15.9 Å². The third-order valence-corrected chi connectivity index (χ3v) is 4.11. The number of amides is 1. The Morgan fingerprint density at radius 1 is 1.73 bits per heavy atom. The molecule has 0 saturated heterocycles. The van der Waals surface area contributed by atoms with Crippen molar-refractivity contribution in [2.24, 2.45) is 12.5 Å². The van der Waals surface area contributed by atoms with Crippen molar-refractivity contribution < 1.29 is 4.79 Å². The van der Waals surface area contributed by atoms with Crippen molar-refractivity contribution in [3.05, 3.63) is 18.0 Å². The summed E-state index contributed by atoms with van der Waals surface area (Å²) in [5, 5.41) is 7.88. The van der Waals surface area contributed by atoms with Crippen molar-refractivity contribution >= 4 is 21.8 Å². The number of carbonyl (C=O) groups excluding carboxylic acids is 1. The van der Waals surface area contributed by atoms with Crippen LogP contribution < -0.4 is 5.32 Å². The van der Waals surface area contributed by atoms with E-state index in [1.807, 2.05) is 0 Å². The summed E-state index contributed by atoms with van der Waals surface area (Å²) in [5.74, 6) is -0.0396. The van der Waals surface area contributed by atoms with Crippen molar-refractivity contribution in [2.45, 2.75) is 12.8 Å². The zero-order chi connectivity index (χ0) is 10.9. The van der Waals surface area contributed by atoms with Crippen LogP contribution in [0.1, 0.15) is 23.3 Å². The second-order valence-electron chi connectivity index (χ2n) is 4.16. The molecule has 82 valence electrons. The topological polar surface area (TPSA) is 46.9 Å². The lowest BCUT2D eigenvalue weighted by Crippen LogP contribution is -2.32. The van der Waals surface area contributed by atoms with Crippen LogP contribution in [-0.2, 0) is 7.05 Å². The molecule has 0 spiro atoms. The first-order valence-corrected chi connectivity index (χ1v) is 6.11. The lowest BCUT2D eigenvalue weighted by Gasteiger charge is -2.12. The Kier molecular flexibility index (Phi) is 2.82. The summed E-state index contributed by atoms with van der Waals surface area (Å²) in [6.45, 7) is 0.752. The zero-order valence-corrected chi connectivity index (χ0v) is 10.2. The first kappa shape index (κ1) is 10.7. The maximum atomic E-state index is 11.7. The molecule has 1 aliphatic rings. The van der Waals surface area contributed by atoms with Crippen LogP contribution in [0.15, 0.2) is 12.3 Å². The summed E-state index contributed by atoms with van der Waals surface area (Å²) in [6.07, 6.45) is 4.03. The highest BCUT2D eigenvalue weighted by molar-refractivity contribution is 9.09. The molecule has 0 aromatic carbocycles. The first-order chi connectivity index (χ1) is 7.17. The Labute approximate surface area is 97.2 Å². The van der Waals surface area contributed by atoms with Gasteiger partial charge in [0, 0.05) is 25.1 Å². The van der Waals surface area contributed by atoms with Crippen LogP contribution in [-0.4, -0.2) is 27.6 Å². The molecule has 0 atom stereocenters. The van der Waals surface area contributed by atoms with Crippen molar-refractivity contribution in [2.75, 3.05) is 11.9 Å². The largest absolute Gasteiger partial charge is 0.350 e. The Balaban J connectivity index is 1.91. The van der Waals surface area contributed by atoms with E-state index in [1.54, 1.807) is 24.0 Å². The maximum absolute atomic E-state index is 11.7. The quantitative estimate of drug-likeness (QED) is 0.840. The molecule has 0 unspecified atom stereocenters. The maximum Gasteiger partial charge on any atom is 0.269 e. The van der Waals surface area contributed by atoms with E-state index in [-0.39, 0.29) is 5.91 Å². The smallest absolute Gasteiger partial charge is 0.269 e. The SMILES string of the molecule is Cn1nccc1C(=O)NCC1(CBr)CC1. The summed E-state index contributed by atoms with van der Waals surface area (Å²) in [6, 6.07) is 1.73. The molecule has 1 aliphatic carbocycles. The van der Waals surface area contributed by atoms with Crippen molar-refractivity contribution in [3.63, 3.8) is 0 Å². The fourth-order valence-corrected chi connectivity index (χ4v) is 2.25. The van der Waals surface area contributed by atoms with Crippen molar-refractivity contribution in [1.29, 1.82) is 0 Å². The highest BCUT2D eigenvalue weighted by Crippen LogP contribution is 2.46. The molecule has 0 aliphatic heterocycles. The summed E-state index contributed by atoms with van der Waals surface area (Å²) in [7, 11) is 1.77. The van der Waals surface area contributed by atoms with Gasteiger partial charge in [-0.15, -0.1) is 0 Å². The third kappa shape index (κ3) is 2.22. The molecule has 1 heterocycles. The molecule has 1 N–H and O–H groups in total. The number of aryl methyl sites for hydroxylation is 1. The molecule has 4 nitrogen and oxygen atoms in total. The van der Waals surface area contributed by atoms with Crippen molar-refractivity contribution in [3.8, 4) is 0 Å². The average molecular weight is 272 g/mol. The van der Waals surface area contributed by atoms with Gasteiger partial charge in [0.2, 0.25) is 0 Å². The lowest BCUT2D eigenvalue weighted by molar-refractivity contribution is 0.0937. The number of hydrogen-bond donors (Lipinski definition) is 1. The summed E-state index contributed by atoms with van der Waals surface area (Å²) >= 11 is 3.48. The van der Waals surface area contributed by atoms with Gasteiger partial charge in [-0.05, 0) is 24.3 Å². The van der Waals surface area contributed by atoms with E-state index in [0.717, 1.165) is 11.9 Å². The van der Waals surface area contributed by atoms with E-state index in [1.165, 1.54) is 12.8 Å². The third-order valence-electron chi connectivity index (χ3n) is 2.92. The van der Waals surface area contributed by atoms with E-state index in [4.69, 9.17) is 0 Å². The minimum absolute atomic E-state index is 0.0396. The minimum Gasteiger partial charge on any atom is -0.350 e. The molecule has 0 bridgehead atoms. The normalized spacial score (nSPS) is 17.5. The van der Waals surface area contributed by atoms with Gasteiger partial charge in [0.05, 0.1) is 0 Å². The molecule has 1 fully saturated rings. The molecule has 1 aromatic heterocycles. The predicted molar refractivity (Wildman–Crippen MR) is 61.0 cm³/mol. The molecule has 0 radical (unpaired) electrons. The molecule has 1 saturated carbocycles. The van der Waals surface area contributed by atoms with Gasteiger partial charge in [0.25, 0.3) is 5.91 Å². The van der Waals surface area contributed by atoms with E-state index >= 15 is 0 Å². The van der Waals surface area contributed by atoms with E-state index in [2.05, 4.69) is 26.3 Å². The molecule has 2 rings (SSSR count). The fourth-order valence-electron chi connectivity index (χ4n) is 1.49. The molecule has 5 heteroatoms.